The molecule has 4 aromatic rings. The van der Waals surface area contributed by atoms with E-state index in [4.69, 9.17) is 9.47 Å². The molecule has 0 aliphatic carbocycles. The number of nitrogens with one attached hydrogen (secondary N) is 4. The average molecular weight is 654 g/mol. The number of ether oxygens (including phenoxy) is 2. The van der Waals surface area contributed by atoms with Gasteiger partial charge in [-0.25, -0.2) is 0 Å². The van der Waals surface area contributed by atoms with Crippen LogP contribution in [0.5, 0.6) is 0 Å². The number of likely N-dealkylation sites (tertiary alicyclic amines) is 1. The van der Waals surface area contributed by atoms with E-state index in [1.54, 1.807) is 0 Å². The number of carbonyl (C=O) groups is 4. The van der Waals surface area contributed by atoms with Crippen molar-refractivity contribution in [1.82, 2.24) is 24.8 Å². The van der Waals surface area contributed by atoms with Gasteiger partial charge in [-0.1, -0.05) is 0 Å². The van der Waals surface area contributed by atoms with Gasteiger partial charge in [0.15, 0.2) is 0 Å². The molecule has 0 spiro atoms. The summed E-state index contributed by atoms with van der Waals surface area (Å²) in [5, 5.41) is 3.91. The van der Waals surface area contributed by atoms with Crippen LogP contribution < -0.4 is 21.4 Å². The van der Waals surface area contributed by atoms with E-state index in [0.29, 0.717) is 25.7 Å². The molecule has 8 bridgehead atoms. The number of fused-ring (bicyclic) bond motifs is 8. The van der Waals surface area contributed by atoms with Gasteiger partial charge in [-0.3, -0.25) is 24.1 Å². The highest BCUT2D eigenvalue weighted by Gasteiger charge is 2.24. The number of imide groups is 1. The number of hydrogen-bond acceptors (Lipinski definition) is 6. The number of amides is 2. The van der Waals surface area contributed by atoms with Crippen molar-refractivity contribution < 1.29 is 28.7 Å². The van der Waals surface area contributed by atoms with Crippen LogP contribution in [0, 0.1) is 27.7 Å². The zero-order chi connectivity index (χ0) is 34.7. The number of hydrogen-bond donors (Lipinski definition) is 4. The predicted molar refractivity (Wildman–Crippen MR) is 183 cm³/mol. The number of aryl methyl sites for hydroxylation is 2. The maximum absolute atomic E-state index is 12.1. The molecule has 0 saturated carbocycles. The van der Waals surface area contributed by atoms with E-state index in [9.17, 15) is 19.2 Å². The van der Waals surface area contributed by atoms with Gasteiger partial charge in [-0.05, 0) is 110 Å². The van der Waals surface area contributed by atoms with Crippen molar-refractivity contribution in [2.24, 2.45) is 0 Å². The molecule has 2 aliphatic rings. The van der Waals surface area contributed by atoms with Crippen molar-refractivity contribution in [2.45, 2.75) is 66.2 Å². The molecule has 0 atom stereocenters. The predicted octanol–water partition coefficient (Wildman–Crippen LogP) is 1.84. The van der Waals surface area contributed by atoms with Crippen LogP contribution in [0.3, 0.4) is 0 Å². The van der Waals surface area contributed by atoms with Crippen LogP contribution in [0.15, 0.2) is 12.1 Å². The maximum atomic E-state index is 12.1. The Kier molecular flexibility index (Phi) is 10.1. The SMILES string of the molecule is CN1C(=O)CCC1=O.COC(=O)CCc1c2[nH]c(c1C)C=c1[nH]c(cc1C)=Cc1[nH]c(cc1C)C=c1[nH]c(c(CCC(=O)OC)c1C)=C2. The minimum atomic E-state index is -0.248. The first-order valence-corrected chi connectivity index (χ1v) is 16.0. The topological polar surface area (TPSA) is 153 Å². The van der Waals surface area contributed by atoms with Crippen LogP contribution in [0.25, 0.3) is 24.3 Å². The van der Waals surface area contributed by atoms with Crippen molar-refractivity contribution in [2.75, 3.05) is 21.3 Å². The molecule has 6 heterocycles. The summed E-state index contributed by atoms with van der Waals surface area (Å²) in [4.78, 5) is 60.6. The largest absolute Gasteiger partial charge is 0.469 e. The number of carbonyl (C=O) groups excluding carboxylic acids is 4. The lowest BCUT2D eigenvalue weighted by Gasteiger charge is -2.03. The molecule has 11 nitrogen and oxygen atoms in total. The molecule has 4 N–H and O–H groups in total. The lowest BCUT2D eigenvalue weighted by atomic mass is 10.0. The smallest absolute Gasteiger partial charge is 0.305 e. The lowest BCUT2D eigenvalue weighted by molar-refractivity contribution is -0.141. The molecule has 48 heavy (non-hydrogen) atoms. The summed E-state index contributed by atoms with van der Waals surface area (Å²) < 4.78 is 9.85. The highest BCUT2D eigenvalue weighted by molar-refractivity contribution is 6.01. The van der Waals surface area contributed by atoms with E-state index in [0.717, 1.165) is 77.6 Å². The summed E-state index contributed by atoms with van der Waals surface area (Å²) in [6.45, 7) is 8.34. The Hall–Kier alpha value is -5.32. The second-order valence-corrected chi connectivity index (χ2v) is 12.3. The van der Waals surface area contributed by atoms with E-state index in [1.165, 1.54) is 26.2 Å². The maximum Gasteiger partial charge on any atom is 0.305 e. The van der Waals surface area contributed by atoms with E-state index < -0.39 is 0 Å². The quantitative estimate of drug-likeness (QED) is 0.162. The van der Waals surface area contributed by atoms with Gasteiger partial charge in [0, 0.05) is 76.9 Å². The summed E-state index contributed by atoms with van der Waals surface area (Å²) in [5.74, 6) is -0.616. The fourth-order valence-electron chi connectivity index (χ4n) is 6.14. The number of aromatic amines is 4. The molecule has 1 fully saturated rings. The second-order valence-electron chi connectivity index (χ2n) is 12.3. The molecule has 2 amide bonds. The molecule has 2 aliphatic heterocycles. The first-order chi connectivity index (χ1) is 22.9. The molecule has 6 rings (SSSR count). The van der Waals surface area contributed by atoms with Crippen molar-refractivity contribution in [1.29, 1.82) is 0 Å². The average Bonchev–Trinajstić information content (AvgIpc) is 3.82. The monoisotopic (exact) mass is 653 g/mol. The molecular formula is C37H43N5O6. The zero-order valence-electron chi connectivity index (χ0n) is 28.6. The standard InChI is InChI=1S/C32H36N4O4.C5H7NO2/c1-17-11-22-14-27-19(3)23(7-9-31(37)39-5)29(35-27)16-30-24(8-10-32(38)40-6)20(4)28(36-30)15-26-18(2)12-21(34-26)13-25(17)33-22;1-6-4(7)2-3-5(6)8/h11-16,33-36H,7-10H2,1-6H3;2-3H2,1H3. The van der Waals surface area contributed by atoms with Gasteiger partial charge in [0.1, 0.15) is 0 Å². The Morgan fingerprint density at radius 1 is 0.667 bits per heavy atom. The number of nitrogens with zero attached hydrogens (tertiary/aromatic N) is 1. The summed E-state index contributed by atoms with van der Waals surface area (Å²) >= 11 is 0. The van der Waals surface area contributed by atoms with Crippen molar-refractivity contribution in [3.05, 3.63) is 89.7 Å². The molecule has 252 valence electrons. The van der Waals surface area contributed by atoms with Crippen LogP contribution >= 0.6 is 0 Å². The van der Waals surface area contributed by atoms with E-state index in [-0.39, 0.29) is 36.6 Å². The van der Waals surface area contributed by atoms with Crippen LogP contribution in [0.4, 0.5) is 0 Å². The van der Waals surface area contributed by atoms with E-state index >= 15 is 0 Å². The highest BCUT2D eigenvalue weighted by Crippen LogP contribution is 2.22. The Morgan fingerprint density at radius 2 is 1.29 bits per heavy atom. The minimum Gasteiger partial charge on any atom is -0.469 e. The first kappa shape index (κ1) is 34.0. The molecule has 0 unspecified atom stereocenters. The minimum absolute atomic E-state index is 0.0602. The summed E-state index contributed by atoms with van der Waals surface area (Å²) in [7, 11) is 4.34. The van der Waals surface area contributed by atoms with Gasteiger partial charge in [-0.2, -0.15) is 0 Å². The Balaban J connectivity index is 0.000000494. The Labute approximate surface area is 278 Å². The van der Waals surface area contributed by atoms with Gasteiger partial charge >= 0.3 is 11.9 Å². The van der Waals surface area contributed by atoms with Crippen molar-refractivity contribution >= 4 is 48.1 Å². The third-order valence-electron chi connectivity index (χ3n) is 9.15. The van der Waals surface area contributed by atoms with Gasteiger partial charge in [0.25, 0.3) is 0 Å². The molecule has 0 radical (unpaired) electrons. The van der Waals surface area contributed by atoms with Crippen LogP contribution in [0.1, 0.15) is 81.8 Å². The van der Waals surface area contributed by atoms with Gasteiger partial charge < -0.3 is 29.4 Å². The Bertz CT molecular complexity index is 2140. The molecule has 11 heteroatoms. The Morgan fingerprint density at radius 3 is 1.90 bits per heavy atom. The second kappa shape index (κ2) is 14.2. The molecule has 1 saturated heterocycles. The lowest BCUT2D eigenvalue weighted by Crippen LogP contribution is -2.23. The first-order valence-electron chi connectivity index (χ1n) is 16.0. The van der Waals surface area contributed by atoms with Gasteiger partial charge in [0.2, 0.25) is 11.8 Å². The van der Waals surface area contributed by atoms with E-state index in [2.05, 4.69) is 84.1 Å². The number of aromatic nitrogens is 4. The zero-order valence-corrected chi connectivity index (χ0v) is 28.6. The third kappa shape index (κ3) is 7.30. The van der Waals surface area contributed by atoms with Crippen LogP contribution in [0.2, 0.25) is 0 Å². The van der Waals surface area contributed by atoms with Gasteiger partial charge in [0.05, 0.1) is 14.2 Å². The van der Waals surface area contributed by atoms with Crippen LogP contribution in [-0.4, -0.2) is 69.9 Å². The number of H-pyrrole nitrogens is 4. The van der Waals surface area contributed by atoms with Gasteiger partial charge in [-0.15, -0.1) is 0 Å². The number of rotatable bonds is 6. The normalized spacial score (nSPS) is 13.5. The van der Waals surface area contributed by atoms with Crippen molar-refractivity contribution in [3.63, 3.8) is 0 Å². The summed E-state index contributed by atoms with van der Waals surface area (Å²) in [5.41, 5.74) is 10.5. The van der Waals surface area contributed by atoms with Crippen molar-refractivity contribution in [3.8, 4) is 0 Å². The summed E-state index contributed by atoms with van der Waals surface area (Å²) in [6, 6.07) is 4.28. The third-order valence-corrected chi connectivity index (χ3v) is 9.15. The van der Waals surface area contributed by atoms with Crippen LogP contribution in [-0.2, 0) is 41.5 Å². The highest BCUT2D eigenvalue weighted by atomic mass is 16.5. The molecule has 0 aromatic carbocycles. The fraction of sp³-hybridized carbons (Fsp3) is 0.351. The molecule has 4 aromatic heterocycles. The van der Waals surface area contributed by atoms with E-state index in [1.807, 2.05) is 0 Å². The molecular weight excluding hydrogens is 610 g/mol. The number of esters is 2. The summed E-state index contributed by atoms with van der Waals surface area (Å²) in [6.07, 6.45) is 10.9. The number of methoxy groups -OCH3 is 2. The fourth-order valence-corrected chi connectivity index (χ4v) is 6.14.